The molecule has 0 radical (unpaired) electrons. The summed E-state index contributed by atoms with van der Waals surface area (Å²) in [6, 6.07) is 4.16. The molecule has 15 heteroatoms. The number of halogens is 8. The Kier molecular flexibility index (Phi) is 7.13. The van der Waals surface area contributed by atoms with Crippen LogP contribution < -0.4 is 5.32 Å². The van der Waals surface area contributed by atoms with E-state index in [4.69, 9.17) is 28.5 Å². The van der Waals surface area contributed by atoms with Crippen molar-refractivity contribution < 1.29 is 26.3 Å². The molecule has 0 spiro atoms. The first kappa shape index (κ1) is 23.7. The van der Waals surface area contributed by atoms with E-state index in [0.717, 1.165) is 6.34 Å². The van der Waals surface area contributed by atoms with E-state index in [0.29, 0.717) is 16.8 Å². The van der Waals surface area contributed by atoms with Gasteiger partial charge >= 0.3 is 11.7 Å². The molecule has 2 rings (SSSR count). The molecular weight excluding hydrogens is 481 g/mol. The summed E-state index contributed by atoms with van der Waals surface area (Å²) < 4.78 is 78.4. The van der Waals surface area contributed by atoms with Crippen LogP contribution in [-0.4, -0.2) is 28.2 Å². The van der Waals surface area contributed by atoms with Gasteiger partial charge in [0.25, 0.3) is 0 Å². The van der Waals surface area contributed by atoms with Gasteiger partial charge in [-0.2, -0.15) is 42.0 Å². The highest BCUT2D eigenvalue weighted by Gasteiger charge is 2.36. The number of nitrogens with one attached hydrogen (secondary N) is 1. The van der Waals surface area contributed by atoms with Crippen LogP contribution in [0.4, 0.5) is 32.2 Å². The van der Waals surface area contributed by atoms with E-state index in [-0.39, 0.29) is 6.54 Å². The van der Waals surface area contributed by atoms with Crippen LogP contribution in [0.2, 0.25) is 10.0 Å². The minimum Gasteiger partial charge on any atom is -0.330 e. The molecule has 0 fully saturated rings. The minimum atomic E-state index is -4.83. The van der Waals surface area contributed by atoms with Gasteiger partial charge in [0.05, 0.1) is 32.9 Å². The zero-order valence-electron chi connectivity index (χ0n) is 14.1. The third kappa shape index (κ3) is 5.50. The summed E-state index contributed by atoms with van der Waals surface area (Å²) in [4.78, 5) is 2.86. The highest BCUT2D eigenvalue weighted by molar-refractivity contribution is 8.00. The predicted molar refractivity (Wildman–Crippen MR) is 97.8 cm³/mol. The Labute approximate surface area is 178 Å². The normalized spacial score (nSPS) is 12.1. The number of nitriles is 2. The van der Waals surface area contributed by atoms with Crippen molar-refractivity contribution in [1.82, 2.24) is 9.78 Å². The van der Waals surface area contributed by atoms with Crippen LogP contribution in [0.5, 0.6) is 0 Å². The molecule has 0 aliphatic rings. The summed E-state index contributed by atoms with van der Waals surface area (Å²) in [6.45, 7) is -0.338. The van der Waals surface area contributed by atoms with E-state index in [1.807, 2.05) is 0 Å². The highest BCUT2D eigenvalue weighted by atomic mass is 35.5. The highest BCUT2D eigenvalue weighted by Crippen LogP contribution is 2.45. The van der Waals surface area contributed by atoms with Gasteiger partial charge in [0.1, 0.15) is 18.3 Å². The van der Waals surface area contributed by atoms with Crippen molar-refractivity contribution in [2.45, 2.75) is 16.6 Å². The maximum absolute atomic E-state index is 13.0. The number of benzene rings is 1. The molecule has 0 aliphatic carbocycles. The summed E-state index contributed by atoms with van der Waals surface area (Å²) in [5, 5.41) is 22.5. The second-order valence-electron chi connectivity index (χ2n) is 5.16. The lowest BCUT2D eigenvalue weighted by Gasteiger charge is -2.15. The Morgan fingerprint density at radius 1 is 1.17 bits per heavy atom. The third-order valence-electron chi connectivity index (χ3n) is 3.18. The molecule has 1 heterocycles. The Balaban J connectivity index is 2.73. The quantitative estimate of drug-likeness (QED) is 0.194. The maximum atomic E-state index is 13.0. The number of aromatic nitrogens is 2. The van der Waals surface area contributed by atoms with E-state index in [1.165, 1.54) is 6.07 Å². The largest absolute Gasteiger partial charge is 0.446 e. The van der Waals surface area contributed by atoms with Gasteiger partial charge in [0.15, 0.2) is 11.5 Å². The zero-order chi connectivity index (χ0) is 22.7. The fourth-order valence-electron chi connectivity index (χ4n) is 2.10. The first-order valence-electron chi connectivity index (χ1n) is 7.36. The van der Waals surface area contributed by atoms with Crippen molar-refractivity contribution in [3.63, 3.8) is 0 Å². The van der Waals surface area contributed by atoms with Crippen molar-refractivity contribution in [2.75, 3.05) is 11.9 Å². The van der Waals surface area contributed by atoms with Crippen LogP contribution in [-0.2, 0) is 6.18 Å². The van der Waals surface area contributed by atoms with Gasteiger partial charge in [0, 0.05) is 0 Å². The van der Waals surface area contributed by atoms with Gasteiger partial charge in [-0.05, 0) is 23.9 Å². The monoisotopic (exact) mass is 486 g/mol. The van der Waals surface area contributed by atoms with E-state index in [1.54, 1.807) is 6.07 Å². The number of anilines is 1. The average molecular weight is 487 g/mol. The van der Waals surface area contributed by atoms with Crippen LogP contribution in [0.3, 0.4) is 0 Å². The molecule has 0 amide bonds. The molecule has 0 bridgehead atoms. The Morgan fingerprint density at radius 2 is 1.77 bits per heavy atom. The Hall–Kier alpha value is -2.61. The molecular formula is C15H6Cl2F6N6S. The molecule has 1 N–H and O–H groups in total. The van der Waals surface area contributed by atoms with Crippen LogP contribution >= 0.6 is 35.0 Å². The number of aliphatic imine (C=N–C) groups is 1. The van der Waals surface area contributed by atoms with E-state index < -0.39 is 61.1 Å². The van der Waals surface area contributed by atoms with E-state index in [9.17, 15) is 31.6 Å². The lowest BCUT2D eigenvalue weighted by atomic mass is 10.2. The first-order chi connectivity index (χ1) is 13.9. The summed E-state index contributed by atoms with van der Waals surface area (Å²) in [5.74, 6) is -0.487. The van der Waals surface area contributed by atoms with Crippen molar-refractivity contribution in [3.05, 3.63) is 33.4 Å². The predicted octanol–water partition coefficient (Wildman–Crippen LogP) is 5.65. The molecule has 1 aromatic heterocycles. The Bertz CT molecular complexity index is 1040. The maximum Gasteiger partial charge on any atom is 0.446 e. The SMILES string of the molecule is N#CCN=CNc1c(SC(F)(F)F)c(C#N)nn1-c1c(Cl)cc(C(F)(F)F)cc1Cl. The van der Waals surface area contributed by atoms with Crippen molar-refractivity contribution >= 4 is 47.1 Å². The minimum absolute atomic E-state index is 0.338. The molecule has 158 valence electrons. The van der Waals surface area contributed by atoms with E-state index in [2.05, 4.69) is 15.4 Å². The van der Waals surface area contributed by atoms with Gasteiger partial charge in [0.2, 0.25) is 0 Å². The Morgan fingerprint density at radius 3 is 2.23 bits per heavy atom. The van der Waals surface area contributed by atoms with Crippen LogP contribution in [0.25, 0.3) is 5.69 Å². The van der Waals surface area contributed by atoms with Gasteiger partial charge in [-0.15, -0.1) is 0 Å². The third-order valence-corrected chi connectivity index (χ3v) is 4.57. The number of alkyl halides is 6. The summed E-state index contributed by atoms with van der Waals surface area (Å²) in [7, 11) is 0. The second-order valence-corrected chi connectivity index (χ2v) is 7.05. The van der Waals surface area contributed by atoms with Crippen molar-refractivity contribution in [3.8, 4) is 17.8 Å². The molecule has 1 aromatic carbocycles. The molecule has 2 aromatic rings. The lowest BCUT2D eigenvalue weighted by molar-refractivity contribution is -0.137. The van der Waals surface area contributed by atoms with Gasteiger partial charge in [-0.3, -0.25) is 4.99 Å². The van der Waals surface area contributed by atoms with Crippen molar-refractivity contribution in [2.24, 2.45) is 4.99 Å². The summed E-state index contributed by atoms with van der Waals surface area (Å²) in [5.41, 5.74) is -7.11. The number of hydrogen-bond acceptors (Lipinski definition) is 5. The van der Waals surface area contributed by atoms with Crippen LogP contribution in [0.1, 0.15) is 11.3 Å². The van der Waals surface area contributed by atoms with E-state index >= 15 is 0 Å². The molecule has 0 saturated carbocycles. The molecule has 6 nitrogen and oxygen atoms in total. The van der Waals surface area contributed by atoms with Crippen LogP contribution in [0.15, 0.2) is 22.0 Å². The summed E-state index contributed by atoms with van der Waals surface area (Å²) >= 11 is 11.1. The smallest absolute Gasteiger partial charge is 0.330 e. The number of nitrogens with zero attached hydrogens (tertiary/aromatic N) is 5. The molecule has 0 atom stereocenters. The fraction of sp³-hybridized carbons (Fsp3) is 0.200. The van der Waals surface area contributed by atoms with Gasteiger partial charge in [-0.1, -0.05) is 23.2 Å². The standard InChI is InChI=1S/C15H6Cl2F6N6S/c16-8-3-7(14(18,19)20)4-9(17)11(8)29-13(27-6-26-2-1-24)12(10(5-25)28-29)30-15(21,22)23/h3-4,6H,2H2,(H,26,27). The van der Waals surface area contributed by atoms with Crippen LogP contribution in [0, 0.1) is 22.7 Å². The number of rotatable bonds is 5. The molecule has 0 unspecified atom stereocenters. The first-order valence-corrected chi connectivity index (χ1v) is 8.93. The van der Waals surface area contributed by atoms with Crippen molar-refractivity contribution in [1.29, 1.82) is 10.5 Å². The topological polar surface area (TPSA) is 89.8 Å². The fourth-order valence-corrected chi connectivity index (χ4v) is 3.41. The average Bonchev–Trinajstić information content (AvgIpc) is 2.93. The molecule has 0 saturated heterocycles. The molecule has 30 heavy (non-hydrogen) atoms. The number of thioether (sulfide) groups is 1. The molecule has 0 aliphatic heterocycles. The lowest BCUT2D eigenvalue weighted by Crippen LogP contribution is -2.10. The summed E-state index contributed by atoms with van der Waals surface area (Å²) in [6.07, 6.45) is -3.92. The van der Waals surface area contributed by atoms with Gasteiger partial charge < -0.3 is 5.32 Å². The number of hydrogen-bond donors (Lipinski definition) is 1. The van der Waals surface area contributed by atoms with Gasteiger partial charge in [-0.25, -0.2) is 4.68 Å². The second kappa shape index (κ2) is 9.04. The zero-order valence-corrected chi connectivity index (χ0v) is 16.4.